The Morgan fingerprint density at radius 1 is 0.860 bits per heavy atom. The largest absolute Gasteiger partial charge is 0.482 e. The van der Waals surface area contributed by atoms with Gasteiger partial charge in [0.25, 0.3) is 5.56 Å². The lowest BCUT2D eigenvalue weighted by atomic mass is 10.2. The molecule has 4 aromatic carbocycles. The molecule has 0 atom stereocenters. The van der Waals surface area contributed by atoms with Crippen LogP contribution >= 0.6 is 0 Å². The molecule has 13 nitrogen and oxygen atoms in total. The van der Waals surface area contributed by atoms with E-state index in [1.165, 1.54) is 28.9 Å². The number of hydrogen-bond donors (Lipinski definition) is 1. The van der Waals surface area contributed by atoms with E-state index in [0.29, 0.717) is 27.3 Å². The summed E-state index contributed by atoms with van der Waals surface area (Å²) in [6.07, 6.45) is 0. The highest BCUT2D eigenvalue weighted by Gasteiger charge is 2.31. The first kappa shape index (κ1) is 33.6. The van der Waals surface area contributed by atoms with Crippen molar-refractivity contribution in [1.82, 2.24) is 19.3 Å². The molecule has 0 aliphatic heterocycles. The topological polar surface area (TPSA) is 161 Å². The molecular formula is C36H31N5O8S. The van der Waals surface area contributed by atoms with E-state index in [4.69, 9.17) is 14.2 Å². The summed E-state index contributed by atoms with van der Waals surface area (Å²) in [5, 5.41) is 6.15. The summed E-state index contributed by atoms with van der Waals surface area (Å²) in [6, 6.07) is 28.6. The van der Waals surface area contributed by atoms with Gasteiger partial charge in [0.15, 0.2) is 17.3 Å². The smallest absolute Gasteiger partial charge is 0.344 e. The molecule has 0 saturated heterocycles. The van der Waals surface area contributed by atoms with Gasteiger partial charge in [-0.05, 0) is 73.5 Å². The van der Waals surface area contributed by atoms with E-state index >= 15 is 0 Å². The molecule has 2 heterocycles. The number of nitrogens with zero attached hydrogens (tertiary/aromatic N) is 4. The van der Waals surface area contributed by atoms with Crippen LogP contribution in [0.5, 0.6) is 17.5 Å². The molecule has 0 radical (unpaired) electrons. The Kier molecular flexibility index (Phi) is 9.72. The van der Waals surface area contributed by atoms with Crippen molar-refractivity contribution >= 4 is 38.6 Å². The van der Waals surface area contributed by atoms with E-state index in [0.717, 1.165) is 5.56 Å². The van der Waals surface area contributed by atoms with Crippen molar-refractivity contribution in [2.24, 2.45) is 0 Å². The maximum atomic E-state index is 14.5. The summed E-state index contributed by atoms with van der Waals surface area (Å²) in [5.41, 5.74) is 0.976. The fourth-order valence-corrected chi connectivity index (χ4v) is 6.52. The summed E-state index contributed by atoms with van der Waals surface area (Å²) in [4.78, 5) is 44.6. The number of para-hydroxylation sites is 1. The van der Waals surface area contributed by atoms with Gasteiger partial charge in [-0.25, -0.2) is 22.7 Å². The van der Waals surface area contributed by atoms with Crippen LogP contribution in [0.3, 0.4) is 0 Å². The predicted octanol–water partition coefficient (Wildman–Crippen LogP) is 5.68. The number of rotatable bonds is 11. The first-order valence-electron chi connectivity index (χ1n) is 15.4. The van der Waals surface area contributed by atoms with E-state index < -0.39 is 44.2 Å². The fourth-order valence-electron chi connectivity index (χ4n) is 5.05. The molecule has 50 heavy (non-hydrogen) atoms. The van der Waals surface area contributed by atoms with Gasteiger partial charge in [-0.2, -0.15) is 14.6 Å². The molecule has 6 aromatic rings. The molecule has 14 heteroatoms. The summed E-state index contributed by atoms with van der Waals surface area (Å²) >= 11 is 0. The summed E-state index contributed by atoms with van der Waals surface area (Å²) in [7, 11) is -4.25. The number of sulfone groups is 1. The van der Waals surface area contributed by atoms with E-state index in [1.807, 2.05) is 13.0 Å². The second-order valence-corrected chi connectivity index (χ2v) is 12.9. The first-order chi connectivity index (χ1) is 24.1. The third kappa shape index (κ3) is 7.39. The van der Waals surface area contributed by atoms with Gasteiger partial charge < -0.3 is 19.5 Å². The highest BCUT2D eigenvalue weighted by Crippen LogP contribution is 2.29. The monoisotopic (exact) mass is 693 g/mol. The molecule has 1 amide bonds. The van der Waals surface area contributed by atoms with Crippen LogP contribution in [0.1, 0.15) is 18.1 Å². The van der Waals surface area contributed by atoms with Crippen molar-refractivity contribution in [1.29, 1.82) is 0 Å². The van der Waals surface area contributed by atoms with Gasteiger partial charge in [-0.15, -0.1) is 0 Å². The Balaban J connectivity index is 1.50. The third-order valence-electron chi connectivity index (χ3n) is 7.30. The Hall–Kier alpha value is -6.28. The number of fused-ring (bicyclic) bond motifs is 1. The van der Waals surface area contributed by atoms with Gasteiger partial charge >= 0.3 is 18.0 Å². The zero-order chi connectivity index (χ0) is 35.3. The number of benzene rings is 4. The van der Waals surface area contributed by atoms with E-state index in [-0.39, 0.29) is 30.0 Å². The molecule has 254 valence electrons. The van der Waals surface area contributed by atoms with Crippen LogP contribution in [-0.4, -0.2) is 53.0 Å². The Labute approximate surface area is 286 Å². The quantitative estimate of drug-likeness (QED) is 0.167. The van der Waals surface area contributed by atoms with E-state index in [9.17, 15) is 22.8 Å². The van der Waals surface area contributed by atoms with Crippen LogP contribution in [0.15, 0.2) is 119 Å². The van der Waals surface area contributed by atoms with Gasteiger partial charge in [0.05, 0.1) is 18.0 Å². The lowest BCUT2D eigenvalue weighted by molar-refractivity contribution is -0.145. The summed E-state index contributed by atoms with van der Waals surface area (Å²) in [6.45, 7) is 3.44. The minimum atomic E-state index is -4.25. The number of hydrogen-bond acceptors (Lipinski definition) is 10. The number of nitrogens with one attached hydrogen (secondary N) is 1. The standard InChI is InChI=1S/C36H31N5O8S/c1-3-47-30(42)22-48-28-17-19-29(20-18-28)49-36-38-32-31(34(43)40(36)35(44)37-26-14-10-11-24(2)21-26)33(39-41(32)27-15-8-5-9-16-27)50(45,46)23-25-12-6-4-7-13-25/h4-21H,3,22-23H2,1-2H3,(H,37,44). The second-order valence-electron chi connectivity index (χ2n) is 11.0. The molecule has 6 rings (SSSR count). The van der Waals surface area contributed by atoms with Crippen molar-refractivity contribution in [3.05, 3.63) is 131 Å². The molecule has 0 bridgehead atoms. The van der Waals surface area contributed by atoms with Crippen LogP contribution in [0, 0.1) is 6.92 Å². The normalized spacial score (nSPS) is 11.2. The number of aromatic nitrogens is 4. The Morgan fingerprint density at radius 2 is 1.54 bits per heavy atom. The van der Waals surface area contributed by atoms with E-state index in [1.54, 1.807) is 85.8 Å². The molecule has 0 spiro atoms. The van der Waals surface area contributed by atoms with Crippen LogP contribution in [0.25, 0.3) is 16.7 Å². The first-order valence-corrected chi connectivity index (χ1v) is 17.1. The highest BCUT2D eigenvalue weighted by atomic mass is 32.2. The number of anilines is 1. The molecule has 0 saturated carbocycles. The zero-order valence-electron chi connectivity index (χ0n) is 27.0. The molecule has 0 aliphatic rings. The Morgan fingerprint density at radius 3 is 2.22 bits per heavy atom. The van der Waals surface area contributed by atoms with Crippen molar-refractivity contribution in [3.63, 3.8) is 0 Å². The van der Waals surface area contributed by atoms with Crippen molar-refractivity contribution in [3.8, 4) is 23.2 Å². The molecule has 1 N–H and O–H groups in total. The number of amides is 1. The van der Waals surface area contributed by atoms with Gasteiger partial charge in [-0.3, -0.25) is 4.79 Å². The molecule has 0 fully saturated rings. The second kappa shape index (κ2) is 14.5. The molecule has 0 aliphatic carbocycles. The molecule has 2 aromatic heterocycles. The van der Waals surface area contributed by atoms with Gasteiger partial charge in [0, 0.05) is 5.69 Å². The molecular weight excluding hydrogens is 662 g/mol. The minimum Gasteiger partial charge on any atom is -0.482 e. The fraction of sp³-hybridized carbons (Fsp3) is 0.139. The number of esters is 1. The highest BCUT2D eigenvalue weighted by molar-refractivity contribution is 7.90. The maximum absolute atomic E-state index is 14.5. The van der Waals surface area contributed by atoms with Crippen LogP contribution in [0.2, 0.25) is 0 Å². The Bertz CT molecular complexity index is 2340. The lowest BCUT2D eigenvalue weighted by Crippen LogP contribution is -2.33. The van der Waals surface area contributed by atoms with Crippen LogP contribution in [-0.2, 0) is 25.1 Å². The summed E-state index contributed by atoms with van der Waals surface area (Å²) < 4.78 is 46.1. The van der Waals surface area contributed by atoms with Gasteiger partial charge in [-0.1, -0.05) is 60.7 Å². The third-order valence-corrected chi connectivity index (χ3v) is 8.89. The lowest BCUT2D eigenvalue weighted by Gasteiger charge is -2.14. The number of carbonyl (C=O) groups excluding carboxylic acids is 2. The maximum Gasteiger partial charge on any atom is 0.344 e. The van der Waals surface area contributed by atoms with Crippen molar-refractivity contribution in [2.45, 2.75) is 24.6 Å². The van der Waals surface area contributed by atoms with Crippen LogP contribution < -0.4 is 20.3 Å². The van der Waals surface area contributed by atoms with Gasteiger partial charge in [0.2, 0.25) is 9.84 Å². The van der Waals surface area contributed by atoms with Crippen LogP contribution in [0.4, 0.5) is 10.5 Å². The molecule has 0 unspecified atom stereocenters. The van der Waals surface area contributed by atoms with Gasteiger partial charge in [0.1, 0.15) is 16.9 Å². The predicted molar refractivity (Wildman–Crippen MR) is 185 cm³/mol. The minimum absolute atomic E-state index is 0.142. The number of aryl methyl sites for hydroxylation is 1. The SMILES string of the molecule is CCOC(=O)COc1ccc(Oc2nc3c(c(S(=O)(=O)Cc4ccccc4)nn3-c3ccccc3)c(=O)n2C(=O)Nc2cccc(C)c2)cc1. The van der Waals surface area contributed by atoms with Crippen molar-refractivity contribution < 1.29 is 32.2 Å². The average molecular weight is 694 g/mol. The average Bonchev–Trinajstić information content (AvgIpc) is 3.50. The zero-order valence-corrected chi connectivity index (χ0v) is 27.8. The number of carbonyl (C=O) groups is 2. The number of ether oxygens (including phenoxy) is 3. The van der Waals surface area contributed by atoms with E-state index in [2.05, 4.69) is 15.4 Å². The summed E-state index contributed by atoms with van der Waals surface area (Å²) in [5.74, 6) is -0.500. The van der Waals surface area contributed by atoms with Crippen molar-refractivity contribution in [2.75, 3.05) is 18.5 Å².